The minimum Gasteiger partial charge on any atom is -0.369 e. The van der Waals surface area contributed by atoms with Crippen molar-refractivity contribution < 1.29 is 4.79 Å². The molecule has 1 amide bonds. The van der Waals surface area contributed by atoms with Gasteiger partial charge in [0.15, 0.2) is 0 Å². The summed E-state index contributed by atoms with van der Waals surface area (Å²) >= 11 is 1.51. The van der Waals surface area contributed by atoms with Gasteiger partial charge in [-0.3, -0.25) is 9.78 Å². The molecule has 28 heavy (non-hydrogen) atoms. The lowest BCUT2D eigenvalue weighted by molar-refractivity contribution is -0.115. The lowest BCUT2D eigenvalue weighted by Gasteiger charge is -2.34. The number of carbonyl (C=O) groups is 1. The molecule has 7 heteroatoms. The largest absolute Gasteiger partial charge is 0.369 e. The molecule has 0 saturated carbocycles. The van der Waals surface area contributed by atoms with Crippen molar-refractivity contribution in [1.29, 1.82) is 0 Å². The minimum atomic E-state index is -0.0646. The zero-order valence-electron chi connectivity index (χ0n) is 15.8. The summed E-state index contributed by atoms with van der Waals surface area (Å²) in [6.07, 6.45) is 2.00. The first-order chi connectivity index (χ1) is 13.7. The van der Waals surface area contributed by atoms with E-state index in [0.717, 1.165) is 48.3 Å². The van der Waals surface area contributed by atoms with Crippen LogP contribution in [0.3, 0.4) is 0 Å². The molecule has 1 aromatic carbocycles. The third-order valence-corrected chi connectivity index (χ3v) is 5.71. The number of anilines is 2. The lowest BCUT2D eigenvalue weighted by Crippen LogP contribution is -2.44. The van der Waals surface area contributed by atoms with Gasteiger partial charge < -0.3 is 15.1 Å². The first kappa shape index (κ1) is 18.6. The van der Waals surface area contributed by atoms with Crippen molar-refractivity contribution in [2.75, 3.05) is 43.4 Å². The highest BCUT2D eigenvalue weighted by atomic mass is 32.1. The van der Waals surface area contributed by atoms with E-state index in [1.54, 1.807) is 6.20 Å². The molecule has 1 aliphatic heterocycles. The van der Waals surface area contributed by atoms with E-state index in [2.05, 4.69) is 44.3 Å². The maximum absolute atomic E-state index is 12.4. The lowest BCUT2D eigenvalue weighted by atomic mass is 10.2. The van der Waals surface area contributed by atoms with Crippen molar-refractivity contribution in [1.82, 2.24) is 14.9 Å². The second kappa shape index (κ2) is 8.50. The molecule has 0 spiro atoms. The first-order valence-corrected chi connectivity index (χ1v) is 10.2. The Morgan fingerprint density at radius 2 is 1.89 bits per heavy atom. The number of rotatable bonds is 5. The highest BCUT2D eigenvalue weighted by Crippen LogP contribution is 2.22. The van der Waals surface area contributed by atoms with Gasteiger partial charge in [0, 0.05) is 49.1 Å². The van der Waals surface area contributed by atoms with Crippen LogP contribution in [0.1, 0.15) is 5.69 Å². The molecule has 6 nitrogen and oxygen atoms in total. The van der Waals surface area contributed by atoms with E-state index in [1.807, 2.05) is 35.7 Å². The van der Waals surface area contributed by atoms with Gasteiger partial charge in [-0.25, -0.2) is 4.98 Å². The van der Waals surface area contributed by atoms with Crippen LogP contribution in [0.2, 0.25) is 0 Å². The quantitative estimate of drug-likeness (QED) is 0.722. The van der Waals surface area contributed by atoms with Crippen LogP contribution in [-0.4, -0.2) is 54.0 Å². The fraction of sp³-hybridized carbons (Fsp3) is 0.286. The Labute approximate surface area is 168 Å². The molecule has 0 radical (unpaired) electrons. The smallest absolute Gasteiger partial charge is 0.230 e. The van der Waals surface area contributed by atoms with Gasteiger partial charge in [0.2, 0.25) is 5.91 Å². The molecule has 1 saturated heterocycles. The van der Waals surface area contributed by atoms with E-state index in [-0.39, 0.29) is 12.3 Å². The van der Waals surface area contributed by atoms with Gasteiger partial charge in [-0.1, -0.05) is 6.07 Å². The number of hydrogen-bond acceptors (Lipinski definition) is 6. The molecule has 1 aliphatic rings. The molecule has 0 atom stereocenters. The van der Waals surface area contributed by atoms with Crippen LogP contribution in [0.15, 0.2) is 54.0 Å². The van der Waals surface area contributed by atoms with Crippen LogP contribution < -0.4 is 10.2 Å². The van der Waals surface area contributed by atoms with Gasteiger partial charge in [-0.05, 0) is 43.4 Å². The summed E-state index contributed by atoms with van der Waals surface area (Å²) in [6.45, 7) is 4.22. The van der Waals surface area contributed by atoms with Crippen molar-refractivity contribution in [2.45, 2.75) is 6.42 Å². The minimum absolute atomic E-state index is 0.0646. The highest BCUT2D eigenvalue weighted by Gasteiger charge is 2.14. The van der Waals surface area contributed by atoms with Gasteiger partial charge in [0.1, 0.15) is 5.01 Å². The number of piperazine rings is 1. The Balaban J connectivity index is 1.33. The zero-order valence-corrected chi connectivity index (χ0v) is 16.7. The molecule has 1 N–H and O–H groups in total. The van der Waals surface area contributed by atoms with Crippen LogP contribution in [0.5, 0.6) is 0 Å². The summed E-state index contributed by atoms with van der Waals surface area (Å²) in [7, 11) is 2.15. The predicted molar refractivity (Wildman–Crippen MR) is 114 cm³/mol. The van der Waals surface area contributed by atoms with Crippen LogP contribution in [0.4, 0.5) is 11.4 Å². The van der Waals surface area contributed by atoms with Gasteiger partial charge in [0.25, 0.3) is 0 Å². The monoisotopic (exact) mass is 393 g/mol. The summed E-state index contributed by atoms with van der Waals surface area (Å²) in [4.78, 5) is 25.9. The van der Waals surface area contributed by atoms with E-state index < -0.39 is 0 Å². The molecule has 0 unspecified atom stereocenters. The van der Waals surface area contributed by atoms with Crippen LogP contribution in [0, 0.1) is 0 Å². The number of amides is 1. The van der Waals surface area contributed by atoms with Crippen molar-refractivity contribution in [3.8, 4) is 10.7 Å². The van der Waals surface area contributed by atoms with Crippen LogP contribution >= 0.6 is 11.3 Å². The van der Waals surface area contributed by atoms with E-state index in [1.165, 1.54) is 17.0 Å². The second-order valence-corrected chi connectivity index (χ2v) is 7.78. The number of thiazole rings is 1. The van der Waals surface area contributed by atoms with E-state index >= 15 is 0 Å². The first-order valence-electron chi connectivity index (χ1n) is 9.36. The normalized spacial score (nSPS) is 14.8. The summed E-state index contributed by atoms with van der Waals surface area (Å²) in [5, 5.41) is 5.71. The Bertz CT molecular complexity index is 917. The Morgan fingerprint density at radius 1 is 1.11 bits per heavy atom. The van der Waals surface area contributed by atoms with Gasteiger partial charge in [-0.2, -0.15) is 0 Å². The van der Waals surface area contributed by atoms with E-state index in [0.29, 0.717) is 0 Å². The van der Waals surface area contributed by atoms with Crippen molar-refractivity contribution >= 4 is 28.6 Å². The third-order valence-electron chi connectivity index (χ3n) is 4.80. The predicted octanol–water partition coefficient (Wildman–Crippen LogP) is 3.14. The van der Waals surface area contributed by atoms with Gasteiger partial charge in [-0.15, -0.1) is 11.3 Å². The number of nitrogens with one attached hydrogen (secondary N) is 1. The fourth-order valence-electron chi connectivity index (χ4n) is 3.18. The van der Waals surface area contributed by atoms with Crippen LogP contribution in [-0.2, 0) is 11.2 Å². The SMILES string of the molecule is CN1CCN(c2ccc(NC(=O)Cc3csc(-c4ccccn4)n3)cc2)CC1. The zero-order chi connectivity index (χ0) is 19.3. The van der Waals surface area contributed by atoms with Crippen LogP contribution in [0.25, 0.3) is 10.7 Å². The molecule has 2 aromatic heterocycles. The standard InChI is InChI=1S/C21H23N5OS/c1-25-10-12-26(13-11-25)18-7-5-16(6-8-18)23-20(27)14-17-15-28-21(24-17)19-4-2-3-9-22-19/h2-9,15H,10-14H2,1H3,(H,23,27). The molecule has 3 heterocycles. The maximum atomic E-state index is 12.4. The highest BCUT2D eigenvalue weighted by molar-refractivity contribution is 7.13. The molecular formula is C21H23N5OS. The molecule has 4 rings (SSSR count). The third kappa shape index (κ3) is 4.55. The van der Waals surface area contributed by atoms with Crippen molar-refractivity contribution in [2.24, 2.45) is 0 Å². The van der Waals surface area contributed by atoms with Crippen molar-refractivity contribution in [3.05, 3.63) is 59.7 Å². The number of nitrogens with zero attached hydrogens (tertiary/aromatic N) is 4. The summed E-state index contributed by atoms with van der Waals surface area (Å²) < 4.78 is 0. The topological polar surface area (TPSA) is 61.4 Å². The Kier molecular flexibility index (Phi) is 5.64. The number of aromatic nitrogens is 2. The molecule has 144 valence electrons. The Morgan fingerprint density at radius 3 is 2.61 bits per heavy atom. The Hall–Kier alpha value is -2.77. The molecule has 0 aliphatic carbocycles. The molecule has 1 fully saturated rings. The van der Waals surface area contributed by atoms with E-state index in [4.69, 9.17) is 0 Å². The van der Waals surface area contributed by atoms with E-state index in [9.17, 15) is 4.79 Å². The molecule has 0 bridgehead atoms. The summed E-state index contributed by atoms with van der Waals surface area (Å²) in [5.74, 6) is -0.0646. The molecule has 3 aromatic rings. The number of hydrogen-bond donors (Lipinski definition) is 1. The average molecular weight is 394 g/mol. The van der Waals surface area contributed by atoms with Gasteiger partial charge in [0.05, 0.1) is 17.8 Å². The molecular weight excluding hydrogens is 370 g/mol. The second-order valence-electron chi connectivity index (χ2n) is 6.92. The van der Waals surface area contributed by atoms with Crippen molar-refractivity contribution in [3.63, 3.8) is 0 Å². The summed E-state index contributed by atoms with van der Waals surface area (Å²) in [5.41, 5.74) is 3.60. The number of likely N-dealkylation sites (N-methyl/N-ethyl adjacent to an activating group) is 1. The van der Waals surface area contributed by atoms with Gasteiger partial charge >= 0.3 is 0 Å². The summed E-state index contributed by atoms with van der Waals surface area (Å²) in [6, 6.07) is 13.8. The fourth-order valence-corrected chi connectivity index (χ4v) is 3.98. The number of benzene rings is 1. The average Bonchev–Trinajstić information content (AvgIpc) is 3.18. The number of pyridine rings is 1. The number of carbonyl (C=O) groups excluding carboxylic acids is 1. The maximum Gasteiger partial charge on any atom is 0.230 e.